The number of aryl methyl sites for hydroxylation is 1. The van der Waals surface area contributed by atoms with Crippen LogP contribution in [0.4, 0.5) is 34.5 Å². The molecule has 1 saturated heterocycles. The molecule has 11 nitrogen and oxygen atoms in total. The zero-order valence-electron chi connectivity index (χ0n) is 22.7. The summed E-state index contributed by atoms with van der Waals surface area (Å²) in [6.07, 6.45) is 2.99. The average Bonchev–Trinajstić information content (AvgIpc) is 2.90. The van der Waals surface area contributed by atoms with E-state index in [0.29, 0.717) is 49.4 Å². The number of anilines is 6. The molecular weight excluding hydrogens is 518 g/mol. The Morgan fingerprint density at radius 3 is 2.31 bits per heavy atom. The fraction of sp³-hybridized carbons (Fsp3) is 0.370. The lowest BCUT2D eigenvalue weighted by Crippen LogP contribution is -2.50. The van der Waals surface area contributed by atoms with Crippen LogP contribution in [0.1, 0.15) is 19.4 Å². The standard InChI is InChI=1S/C27H33N7O4S/c1-18-17-28-26(30-19-6-9-21(10-7-19)33-12-14-34(15-13-33)39(5,36)37)31-24(18)29-20-8-11-23-22(16-20)32(4)25(35)27(2,3)38-23/h6-11,16-17H,12-15H2,1-5H3,(H2,28,29,30,31). The molecule has 1 aromatic heterocycles. The Bertz CT molecular complexity index is 1500. The van der Waals surface area contributed by atoms with Gasteiger partial charge >= 0.3 is 0 Å². The van der Waals surface area contributed by atoms with Crippen LogP contribution < -0.4 is 25.2 Å². The summed E-state index contributed by atoms with van der Waals surface area (Å²) >= 11 is 0. The normalized spacial score (nSPS) is 17.4. The van der Waals surface area contributed by atoms with Gasteiger partial charge in [-0.25, -0.2) is 13.4 Å². The Labute approximate surface area is 228 Å². The third-order valence-corrected chi connectivity index (χ3v) is 8.24. The SMILES string of the molecule is Cc1cnc(Nc2ccc(N3CCN(S(C)(=O)=O)CC3)cc2)nc1Nc1ccc2c(c1)N(C)C(=O)C(C)(C)O2. The van der Waals surface area contributed by atoms with Crippen LogP contribution >= 0.6 is 0 Å². The zero-order chi connectivity index (χ0) is 27.9. The highest BCUT2D eigenvalue weighted by molar-refractivity contribution is 7.88. The lowest BCUT2D eigenvalue weighted by molar-refractivity contribution is -0.132. The second-order valence-electron chi connectivity index (χ2n) is 10.3. The van der Waals surface area contributed by atoms with Gasteiger partial charge in [-0.05, 0) is 63.2 Å². The molecular formula is C27H33N7O4S. The zero-order valence-corrected chi connectivity index (χ0v) is 23.5. The molecule has 0 radical (unpaired) electrons. The minimum absolute atomic E-state index is 0.112. The van der Waals surface area contributed by atoms with Crippen molar-refractivity contribution in [2.45, 2.75) is 26.4 Å². The van der Waals surface area contributed by atoms with Crippen molar-refractivity contribution in [1.29, 1.82) is 0 Å². The van der Waals surface area contributed by atoms with Crippen LogP contribution in [0, 0.1) is 6.92 Å². The fourth-order valence-electron chi connectivity index (χ4n) is 4.70. The molecule has 12 heteroatoms. The number of ether oxygens (including phenoxy) is 1. The van der Waals surface area contributed by atoms with Crippen LogP contribution in [0.3, 0.4) is 0 Å². The number of piperazine rings is 1. The van der Waals surface area contributed by atoms with Crippen molar-refractivity contribution in [2.75, 3.05) is 59.9 Å². The maximum Gasteiger partial charge on any atom is 0.270 e. The molecule has 2 aromatic carbocycles. The van der Waals surface area contributed by atoms with E-state index in [2.05, 4.69) is 25.5 Å². The summed E-state index contributed by atoms with van der Waals surface area (Å²) in [6.45, 7) is 7.69. The predicted octanol–water partition coefficient (Wildman–Crippen LogP) is 3.49. The summed E-state index contributed by atoms with van der Waals surface area (Å²) in [5.74, 6) is 1.61. The number of aromatic nitrogens is 2. The third-order valence-electron chi connectivity index (χ3n) is 6.94. The van der Waals surface area contributed by atoms with Gasteiger partial charge in [-0.3, -0.25) is 4.79 Å². The monoisotopic (exact) mass is 551 g/mol. The molecule has 206 valence electrons. The van der Waals surface area contributed by atoms with Gasteiger partial charge in [0.15, 0.2) is 5.60 Å². The van der Waals surface area contributed by atoms with Crippen molar-refractivity contribution in [2.24, 2.45) is 0 Å². The van der Waals surface area contributed by atoms with Crippen LogP contribution in [-0.4, -0.2) is 73.7 Å². The number of hydrogen-bond acceptors (Lipinski definition) is 9. The van der Waals surface area contributed by atoms with E-state index in [-0.39, 0.29) is 5.91 Å². The molecule has 5 rings (SSSR count). The molecule has 0 unspecified atom stereocenters. The number of nitrogens with zero attached hydrogens (tertiary/aromatic N) is 5. The van der Waals surface area contributed by atoms with E-state index in [0.717, 1.165) is 22.6 Å². The van der Waals surface area contributed by atoms with Crippen LogP contribution in [-0.2, 0) is 14.8 Å². The van der Waals surface area contributed by atoms with E-state index in [1.54, 1.807) is 32.0 Å². The van der Waals surface area contributed by atoms with Crippen molar-refractivity contribution in [3.63, 3.8) is 0 Å². The summed E-state index contributed by atoms with van der Waals surface area (Å²) < 4.78 is 30.9. The Morgan fingerprint density at radius 2 is 1.64 bits per heavy atom. The lowest BCUT2D eigenvalue weighted by atomic mass is 10.0. The van der Waals surface area contributed by atoms with Crippen molar-refractivity contribution in [3.8, 4) is 5.75 Å². The number of amides is 1. The number of rotatable bonds is 6. The third kappa shape index (κ3) is 5.62. The summed E-state index contributed by atoms with van der Waals surface area (Å²) in [6, 6.07) is 13.5. The van der Waals surface area contributed by atoms with Crippen molar-refractivity contribution in [3.05, 3.63) is 54.2 Å². The minimum Gasteiger partial charge on any atom is -0.476 e. The van der Waals surface area contributed by atoms with E-state index in [9.17, 15) is 13.2 Å². The van der Waals surface area contributed by atoms with E-state index < -0.39 is 15.6 Å². The Morgan fingerprint density at radius 1 is 0.974 bits per heavy atom. The number of sulfonamides is 1. The van der Waals surface area contributed by atoms with Crippen molar-refractivity contribution in [1.82, 2.24) is 14.3 Å². The second kappa shape index (κ2) is 10.0. The summed E-state index contributed by atoms with van der Waals surface area (Å²) in [4.78, 5) is 25.5. The largest absolute Gasteiger partial charge is 0.476 e. The molecule has 1 fully saturated rings. The molecule has 0 aliphatic carbocycles. The Kier molecular flexibility index (Phi) is 6.85. The maximum absolute atomic E-state index is 12.6. The van der Waals surface area contributed by atoms with Gasteiger partial charge in [0.2, 0.25) is 16.0 Å². The van der Waals surface area contributed by atoms with Gasteiger partial charge in [-0.15, -0.1) is 0 Å². The second-order valence-corrected chi connectivity index (χ2v) is 12.3. The van der Waals surface area contributed by atoms with Crippen LogP contribution in [0.25, 0.3) is 0 Å². The van der Waals surface area contributed by atoms with Crippen molar-refractivity contribution >= 4 is 50.4 Å². The number of benzene rings is 2. The summed E-state index contributed by atoms with van der Waals surface area (Å²) in [5, 5.41) is 6.58. The lowest BCUT2D eigenvalue weighted by Gasteiger charge is -2.37. The molecule has 2 aliphatic rings. The number of carbonyl (C=O) groups excluding carboxylic acids is 1. The number of nitrogens with one attached hydrogen (secondary N) is 2. The van der Waals surface area contributed by atoms with E-state index in [1.807, 2.05) is 49.4 Å². The highest BCUT2D eigenvalue weighted by Gasteiger charge is 2.39. The van der Waals surface area contributed by atoms with Crippen molar-refractivity contribution < 1.29 is 17.9 Å². The van der Waals surface area contributed by atoms with Gasteiger partial charge in [0.1, 0.15) is 11.6 Å². The minimum atomic E-state index is -3.16. The first-order valence-corrected chi connectivity index (χ1v) is 14.5. The first-order valence-electron chi connectivity index (χ1n) is 12.7. The predicted molar refractivity (Wildman–Crippen MR) is 153 cm³/mol. The summed E-state index contributed by atoms with van der Waals surface area (Å²) in [7, 11) is -1.41. The first-order chi connectivity index (χ1) is 18.4. The smallest absolute Gasteiger partial charge is 0.270 e. The Hall–Kier alpha value is -3.90. The Balaban J connectivity index is 1.27. The molecule has 0 atom stereocenters. The average molecular weight is 552 g/mol. The van der Waals surface area contributed by atoms with Gasteiger partial charge in [-0.1, -0.05) is 0 Å². The molecule has 0 spiro atoms. The van der Waals surface area contributed by atoms with Gasteiger partial charge in [-0.2, -0.15) is 9.29 Å². The maximum atomic E-state index is 12.6. The van der Waals surface area contributed by atoms with E-state index in [4.69, 9.17) is 4.74 Å². The highest BCUT2D eigenvalue weighted by Crippen LogP contribution is 2.39. The molecule has 3 heterocycles. The number of likely N-dealkylation sites (N-methyl/N-ethyl adjacent to an activating group) is 1. The number of carbonyl (C=O) groups is 1. The molecule has 3 aromatic rings. The number of fused-ring (bicyclic) bond motifs is 1. The molecule has 39 heavy (non-hydrogen) atoms. The van der Waals surface area contributed by atoms with Gasteiger partial charge in [0.05, 0.1) is 11.9 Å². The van der Waals surface area contributed by atoms with Crippen LogP contribution in [0.5, 0.6) is 5.75 Å². The molecule has 2 N–H and O–H groups in total. The highest BCUT2D eigenvalue weighted by atomic mass is 32.2. The van der Waals surface area contributed by atoms with Gasteiger partial charge in [0, 0.05) is 62.0 Å². The van der Waals surface area contributed by atoms with E-state index >= 15 is 0 Å². The van der Waals surface area contributed by atoms with Gasteiger partial charge in [0.25, 0.3) is 5.91 Å². The topological polar surface area (TPSA) is 120 Å². The molecule has 0 bridgehead atoms. The quantitative estimate of drug-likeness (QED) is 0.474. The molecule has 2 aliphatic heterocycles. The van der Waals surface area contributed by atoms with Crippen LogP contribution in [0.2, 0.25) is 0 Å². The van der Waals surface area contributed by atoms with Gasteiger partial charge < -0.3 is 25.2 Å². The molecule has 1 amide bonds. The van der Waals surface area contributed by atoms with E-state index in [1.165, 1.54) is 10.6 Å². The fourth-order valence-corrected chi connectivity index (χ4v) is 5.53. The first kappa shape index (κ1) is 26.7. The number of hydrogen-bond donors (Lipinski definition) is 2. The molecule has 0 saturated carbocycles. The van der Waals surface area contributed by atoms with Crippen LogP contribution in [0.15, 0.2) is 48.7 Å². The summed E-state index contributed by atoms with van der Waals surface area (Å²) in [5.41, 5.74) is 3.27.